The van der Waals surface area contributed by atoms with Gasteiger partial charge in [-0.1, -0.05) is 49.6 Å². The van der Waals surface area contributed by atoms with E-state index in [4.69, 9.17) is 53.3 Å². The number of unbranched alkanes of at least 4 members (excludes halogenated alkanes) is 3. The predicted molar refractivity (Wildman–Crippen MR) is 381 cm³/mol. The Hall–Kier alpha value is -7.31. The summed E-state index contributed by atoms with van der Waals surface area (Å²) in [6.07, 6.45) is 9.55. The molecule has 11 amide bonds. The third-order valence-corrected chi connectivity index (χ3v) is 17.2. The summed E-state index contributed by atoms with van der Waals surface area (Å²) >= 11 is 1.44. The molecule has 2 rings (SSSR count). The molecule has 1 aromatic rings. The van der Waals surface area contributed by atoms with Gasteiger partial charge in [-0.3, -0.25) is 57.7 Å². The van der Waals surface area contributed by atoms with Gasteiger partial charge in [-0.15, -0.1) is 0 Å². The molecule has 1 saturated carbocycles. The number of hydrogen-bond acceptors (Lipinski definition) is 21. The molecule has 33 nitrogen and oxygen atoms in total. The maximum absolute atomic E-state index is 15.0. The molecule has 2 atom stereocenters. The summed E-state index contributed by atoms with van der Waals surface area (Å²) < 4.78 is 21.3. The number of methoxy groups -OCH3 is 4. The van der Waals surface area contributed by atoms with Crippen LogP contribution in [0, 0.1) is 0 Å². The fraction of sp³-hybridized carbons (Fsp3) is 0.727. The molecule has 0 aromatic heterocycles. The maximum Gasteiger partial charge on any atom is 0.243 e. The zero-order valence-corrected chi connectivity index (χ0v) is 60.7. The number of nitrogens with two attached hydrogens (primary N) is 6. The summed E-state index contributed by atoms with van der Waals surface area (Å²) in [4.78, 5) is 170. The van der Waals surface area contributed by atoms with Gasteiger partial charge in [-0.2, -0.15) is 11.8 Å². The number of primary amides is 1. The van der Waals surface area contributed by atoms with E-state index in [2.05, 4.69) is 20.9 Å². The van der Waals surface area contributed by atoms with Crippen molar-refractivity contribution in [1.82, 2.24) is 55.1 Å². The van der Waals surface area contributed by atoms with E-state index in [0.717, 1.165) is 47.5 Å². The average Bonchev–Trinajstić information content (AvgIpc) is 0.848. The standard InChI is InChI=1S/C66H118N18O15S/c1-96-36-32-79(43-55(85)75-54(23-18-29-74-66(71)72)65(95)76-53(64(70)94)24-40-100-5)57(87)44-80(33-37-97-2)58(88)45-81(34-38-98-3)59(89)46-82(35-39-99-4)62(92)50-84(52-21-10-7-11-22-52)63(93)49-78(31-17-14-27-69)60(90)48-83(42-51-19-8-6-9-20-51)61(91)47-77(30-16-13-26-68)56(86)41-73-28-15-12-25-67/h6,8-9,19-20,52-54,73H,7,10-18,21-50,67-69H2,1-5H3,(H2,70,94)(H,75,85)(H,76,95)(H4,71,72,74)/t53-,54-/m0/s1. The molecule has 34 heteroatoms. The molecular formula is C66H118N18O15S. The molecule has 1 aliphatic carbocycles. The number of amides is 11. The Kier molecular flexibility index (Phi) is 47.5. The summed E-state index contributed by atoms with van der Waals surface area (Å²) in [7, 11) is 5.61. The van der Waals surface area contributed by atoms with E-state index in [9.17, 15) is 47.9 Å². The lowest BCUT2D eigenvalue weighted by Crippen LogP contribution is -2.55. The van der Waals surface area contributed by atoms with Gasteiger partial charge in [-0.25, -0.2) is 0 Å². The van der Waals surface area contributed by atoms with Crippen LogP contribution in [-0.4, -0.2) is 326 Å². The molecule has 0 bridgehead atoms. The number of nitrogens with zero attached hydrogens (tertiary/aromatic N) is 9. The Balaban J connectivity index is 2.50. The van der Waals surface area contributed by atoms with Crippen molar-refractivity contribution < 1.29 is 71.7 Å². The summed E-state index contributed by atoms with van der Waals surface area (Å²) in [6, 6.07) is 6.44. The Labute approximate surface area is 594 Å². The van der Waals surface area contributed by atoms with E-state index in [1.54, 1.807) is 0 Å². The van der Waals surface area contributed by atoms with Crippen LogP contribution >= 0.6 is 11.8 Å². The van der Waals surface area contributed by atoms with Gasteiger partial charge in [0.1, 0.15) is 25.2 Å². The Morgan fingerprint density at radius 1 is 0.500 bits per heavy atom. The SMILES string of the molecule is COCCN(CC(=O)N[C@@H](CCCN=C(N)N)C(=O)N[C@@H](CCSC)C(N)=O)C(=O)CN(CCOC)C(=O)CN(CCOC)C(=O)CN(CCOC)C(=O)CN(C(=O)CN(CCCCN)C(=O)CN(Cc1ccccc1)C(=O)CN(CCCCN)C(=O)CNCCCCN)C1CCCCC1. The predicted octanol–water partition coefficient (Wildman–Crippen LogP) is -3.20. The number of carbonyl (C=O) groups is 11. The van der Waals surface area contributed by atoms with Crippen LogP contribution in [0.2, 0.25) is 0 Å². The number of ether oxygens (including phenoxy) is 4. The first kappa shape index (κ1) is 88.8. The first-order chi connectivity index (χ1) is 48.1. The summed E-state index contributed by atoms with van der Waals surface area (Å²) in [5, 5.41) is 8.40. The van der Waals surface area contributed by atoms with Crippen LogP contribution in [0.4, 0.5) is 0 Å². The molecule has 0 radical (unpaired) electrons. The topological polar surface area (TPSA) is 455 Å². The van der Waals surface area contributed by atoms with E-state index in [-0.39, 0.29) is 123 Å². The number of guanidine groups is 1. The van der Waals surface area contributed by atoms with E-state index >= 15 is 4.79 Å². The molecule has 568 valence electrons. The zero-order chi connectivity index (χ0) is 74.0. The van der Waals surface area contributed by atoms with Crippen LogP contribution in [0.15, 0.2) is 35.3 Å². The number of rotatable bonds is 56. The molecule has 1 fully saturated rings. The highest BCUT2D eigenvalue weighted by Gasteiger charge is 2.35. The van der Waals surface area contributed by atoms with Crippen molar-refractivity contribution in [3.8, 4) is 0 Å². The molecule has 0 unspecified atom stereocenters. The third-order valence-electron chi connectivity index (χ3n) is 16.6. The summed E-state index contributed by atoms with van der Waals surface area (Å²) in [5.74, 6) is -6.46. The van der Waals surface area contributed by atoms with Crippen LogP contribution in [0.1, 0.15) is 95.5 Å². The molecule has 1 aromatic carbocycles. The van der Waals surface area contributed by atoms with Crippen LogP contribution in [0.25, 0.3) is 0 Å². The fourth-order valence-electron chi connectivity index (χ4n) is 10.8. The van der Waals surface area contributed by atoms with Crippen LogP contribution in [-0.2, 0) is 78.2 Å². The minimum Gasteiger partial charge on any atom is -0.383 e. The second-order valence-corrected chi connectivity index (χ2v) is 25.4. The van der Waals surface area contributed by atoms with Crippen molar-refractivity contribution in [2.75, 3.05) is 198 Å². The second-order valence-electron chi connectivity index (χ2n) is 24.4. The first-order valence-corrected chi connectivity index (χ1v) is 36.0. The lowest BCUT2D eigenvalue weighted by molar-refractivity contribution is -0.150. The normalized spacial score (nSPS) is 12.7. The summed E-state index contributed by atoms with van der Waals surface area (Å²) in [5.41, 5.74) is 34.7. The molecule has 0 saturated heterocycles. The van der Waals surface area contributed by atoms with Crippen LogP contribution in [0.3, 0.4) is 0 Å². The van der Waals surface area contributed by atoms with Gasteiger partial charge >= 0.3 is 0 Å². The number of nitrogens with one attached hydrogen (secondary N) is 3. The molecule has 1 aliphatic rings. The maximum atomic E-state index is 15.0. The Morgan fingerprint density at radius 3 is 1.41 bits per heavy atom. The Morgan fingerprint density at radius 2 is 0.940 bits per heavy atom. The fourth-order valence-corrected chi connectivity index (χ4v) is 11.3. The zero-order valence-electron chi connectivity index (χ0n) is 59.9. The van der Waals surface area contributed by atoms with Gasteiger partial charge in [0.05, 0.1) is 72.2 Å². The van der Waals surface area contributed by atoms with Gasteiger partial charge < -0.3 is 108 Å². The second kappa shape index (κ2) is 53.5. The first-order valence-electron chi connectivity index (χ1n) is 34.6. The highest BCUT2D eigenvalue weighted by Crippen LogP contribution is 2.24. The van der Waals surface area contributed by atoms with Gasteiger partial charge in [0.15, 0.2) is 5.96 Å². The monoisotopic (exact) mass is 1430 g/mol. The number of thioether (sulfide) groups is 1. The molecule has 0 aliphatic heterocycles. The van der Waals surface area contributed by atoms with E-state index in [1.807, 2.05) is 36.6 Å². The van der Waals surface area contributed by atoms with Crippen molar-refractivity contribution in [2.45, 2.75) is 115 Å². The van der Waals surface area contributed by atoms with Crippen molar-refractivity contribution in [2.24, 2.45) is 39.4 Å². The van der Waals surface area contributed by atoms with Crippen molar-refractivity contribution in [3.63, 3.8) is 0 Å². The van der Waals surface area contributed by atoms with Crippen molar-refractivity contribution in [1.29, 1.82) is 0 Å². The van der Waals surface area contributed by atoms with Crippen LogP contribution in [0.5, 0.6) is 0 Å². The molecule has 15 N–H and O–H groups in total. The molecule has 0 spiro atoms. The lowest BCUT2D eigenvalue weighted by atomic mass is 9.94. The van der Waals surface area contributed by atoms with Crippen molar-refractivity contribution >= 4 is 82.7 Å². The van der Waals surface area contributed by atoms with E-state index in [0.29, 0.717) is 70.5 Å². The minimum absolute atomic E-state index is 0.00481. The quantitative estimate of drug-likeness (QED) is 0.0176. The number of hydrogen-bond donors (Lipinski definition) is 9. The summed E-state index contributed by atoms with van der Waals surface area (Å²) in [6.45, 7) is -2.41. The largest absolute Gasteiger partial charge is 0.383 e. The highest BCUT2D eigenvalue weighted by atomic mass is 32.2. The Bertz CT molecular complexity index is 2630. The van der Waals surface area contributed by atoms with Gasteiger partial charge in [-0.05, 0) is 114 Å². The number of carbonyl (C=O) groups excluding carboxylic acids is 11. The van der Waals surface area contributed by atoms with Gasteiger partial charge in [0, 0.05) is 86.8 Å². The molecular weight excluding hydrogens is 1320 g/mol. The average molecular weight is 1440 g/mol. The third kappa shape index (κ3) is 36.9. The lowest BCUT2D eigenvalue weighted by Gasteiger charge is -2.37. The van der Waals surface area contributed by atoms with Gasteiger partial charge in [0.2, 0.25) is 65.0 Å². The van der Waals surface area contributed by atoms with Gasteiger partial charge in [0.25, 0.3) is 0 Å². The smallest absolute Gasteiger partial charge is 0.243 e. The van der Waals surface area contributed by atoms with Crippen LogP contribution < -0.4 is 50.4 Å². The molecule has 0 heterocycles. The number of benzene rings is 1. The van der Waals surface area contributed by atoms with Crippen molar-refractivity contribution in [3.05, 3.63) is 35.9 Å². The van der Waals surface area contributed by atoms with E-state index < -0.39 is 123 Å². The van der Waals surface area contributed by atoms with E-state index in [1.165, 1.54) is 69.6 Å². The minimum atomic E-state index is -1.21. The highest BCUT2D eigenvalue weighted by molar-refractivity contribution is 7.98. The molecule has 100 heavy (non-hydrogen) atoms. The number of aliphatic imine (C=N–C) groups is 1.